The van der Waals surface area contributed by atoms with Gasteiger partial charge in [0.15, 0.2) is 0 Å². The van der Waals surface area contributed by atoms with Gasteiger partial charge in [-0.25, -0.2) is 0 Å². The van der Waals surface area contributed by atoms with Crippen molar-refractivity contribution in [1.29, 1.82) is 0 Å². The molecule has 0 N–H and O–H groups in total. The summed E-state index contributed by atoms with van der Waals surface area (Å²) >= 11 is 2.33. The van der Waals surface area contributed by atoms with Gasteiger partial charge >= 0.3 is 0 Å². The molecule has 1 aromatic carbocycles. The van der Waals surface area contributed by atoms with Crippen molar-refractivity contribution in [3.05, 3.63) is 58.2 Å². The highest BCUT2D eigenvalue weighted by atomic mass is 127. The van der Waals surface area contributed by atoms with E-state index >= 15 is 0 Å². The molecule has 4 nitrogen and oxygen atoms in total. The topological polar surface area (TPSA) is 35.6 Å². The molecular formula is C15H15IN4. The molecule has 0 aliphatic carbocycles. The van der Waals surface area contributed by atoms with Crippen LogP contribution in [0.15, 0.2) is 49.1 Å². The van der Waals surface area contributed by atoms with Gasteiger partial charge in [-0.2, -0.15) is 10.2 Å². The Labute approximate surface area is 131 Å². The van der Waals surface area contributed by atoms with Crippen molar-refractivity contribution in [1.82, 2.24) is 19.6 Å². The molecule has 0 amide bonds. The Bertz CT molecular complexity index is 714. The van der Waals surface area contributed by atoms with Crippen molar-refractivity contribution < 1.29 is 0 Å². The Morgan fingerprint density at radius 2 is 1.90 bits per heavy atom. The average molecular weight is 378 g/mol. The van der Waals surface area contributed by atoms with Gasteiger partial charge in [0.1, 0.15) is 0 Å². The van der Waals surface area contributed by atoms with Crippen LogP contribution in [-0.4, -0.2) is 19.6 Å². The SMILES string of the molecule is CCn1cc(Cn2cc(-c3cccc(I)c3)cn2)cn1. The molecule has 0 saturated heterocycles. The van der Waals surface area contributed by atoms with Crippen LogP contribution in [0.2, 0.25) is 0 Å². The molecule has 0 aliphatic heterocycles. The average Bonchev–Trinajstić information content (AvgIpc) is 3.08. The lowest BCUT2D eigenvalue weighted by Gasteiger charge is -1.99. The third kappa shape index (κ3) is 2.92. The third-order valence-corrected chi connectivity index (χ3v) is 3.82. The van der Waals surface area contributed by atoms with Gasteiger partial charge in [0, 0.05) is 33.6 Å². The molecule has 5 heteroatoms. The molecule has 0 aliphatic rings. The molecule has 20 heavy (non-hydrogen) atoms. The molecule has 0 spiro atoms. The summed E-state index contributed by atoms with van der Waals surface area (Å²) in [6.07, 6.45) is 7.95. The number of nitrogens with zero attached hydrogens (tertiary/aromatic N) is 4. The zero-order valence-corrected chi connectivity index (χ0v) is 13.4. The maximum Gasteiger partial charge on any atom is 0.0690 e. The first-order valence-electron chi connectivity index (χ1n) is 6.54. The highest BCUT2D eigenvalue weighted by Gasteiger charge is 2.04. The van der Waals surface area contributed by atoms with Gasteiger partial charge in [-0.1, -0.05) is 12.1 Å². The summed E-state index contributed by atoms with van der Waals surface area (Å²) in [6.45, 7) is 3.73. The minimum Gasteiger partial charge on any atom is -0.273 e. The Balaban J connectivity index is 1.80. The minimum absolute atomic E-state index is 0.754. The predicted molar refractivity (Wildman–Crippen MR) is 87.4 cm³/mol. The van der Waals surface area contributed by atoms with E-state index in [4.69, 9.17) is 0 Å². The van der Waals surface area contributed by atoms with E-state index < -0.39 is 0 Å². The summed E-state index contributed by atoms with van der Waals surface area (Å²) in [6, 6.07) is 8.43. The quantitative estimate of drug-likeness (QED) is 0.653. The lowest BCUT2D eigenvalue weighted by molar-refractivity contribution is 0.654. The summed E-state index contributed by atoms with van der Waals surface area (Å²) in [7, 11) is 0. The van der Waals surface area contributed by atoms with Crippen molar-refractivity contribution in [2.75, 3.05) is 0 Å². The van der Waals surface area contributed by atoms with Gasteiger partial charge in [-0.3, -0.25) is 9.36 Å². The number of halogens is 1. The van der Waals surface area contributed by atoms with Crippen LogP contribution in [0.4, 0.5) is 0 Å². The van der Waals surface area contributed by atoms with E-state index in [-0.39, 0.29) is 0 Å². The molecule has 102 valence electrons. The van der Waals surface area contributed by atoms with Gasteiger partial charge in [0.25, 0.3) is 0 Å². The van der Waals surface area contributed by atoms with Crippen molar-refractivity contribution >= 4 is 22.6 Å². The number of aromatic nitrogens is 4. The zero-order chi connectivity index (χ0) is 13.9. The van der Waals surface area contributed by atoms with E-state index in [1.165, 1.54) is 14.7 Å². The smallest absolute Gasteiger partial charge is 0.0690 e. The molecule has 2 heterocycles. The Hall–Kier alpha value is -1.63. The summed E-state index contributed by atoms with van der Waals surface area (Å²) < 4.78 is 5.11. The van der Waals surface area contributed by atoms with Crippen LogP contribution < -0.4 is 0 Å². The van der Waals surface area contributed by atoms with Crippen LogP contribution in [0.25, 0.3) is 11.1 Å². The number of aryl methyl sites for hydroxylation is 1. The Kier molecular flexibility index (Phi) is 3.86. The van der Waals surface area contributed by atoms with Gasteiger partial charge in [0.05, 0.1) is 18.9 Å². The Morgan fingerprint density at radius 1 is 1.05 bits per heavy atom. The molecule has 0 atom stereocenters. The fraction of sp³-hybridized carbons (Fsp3) is 0.200. The van der Waals surface area contributed by atoms with Crippen LogP contribution in [0.1, 0.15) is 12.5 Å². The van der Waals surface area contributed by atoms with E-state index in [0.29, 0.717) is 0 Å². The van der Waals surface area contributed by atoms with Gasteiger partial charge in [-0.05, 0) is 47.2 Å². The summed E-state index contributed by atoms with van der Waals surface area (Å²) in [5, 5.41) is 8.71. The van der Waals surface area contributed by atoms with E-state index in [9.17, 15) is 0 Å². The van der Waals surface area contributed by atoms with Crippen LogP contribution in [-0.2, 0) is 13.1 Å². The first-order chi connectivity index (χ1) is 9.74. The monoisotopic (exact) mass is 378 g/mol. The zero-order valence-electron chi connectivity index (χ0n) is 11.2. The van der Waals surface area contributed by atoms with Gasteiger partial charge in [0.2, 0.25) is 0 Å². The summed E-state index contributed by atoms with van der Waals surface area (Å²) in [5.41, 5.74) is 3.52. The lowest BCUT2D eigenvalue weighted by Crippen LogP contribution is -1.99. The van der Waals surface area contributed by atoms with E-state index in [1.54, 1.807) is 0 Å². The minimum atomic E-state index is 0.754. The normalized spacial score (nSPS) is 10.9. The maximum atomic E-state index is 4.43. The second-order valence-electron chi connectivity index (χ2n) is 4.64. The van der Waals surface area contributed by atoms with Gasteiger partial charge in [-0.15, -0.1) is 0 Å². The molecule has 0 unspecified atom stereocenters. The van der Waals surface area contributed by atoms with Crippen LogP contribution in [0.3, 0.4) is 0 Å². The lowest BCUT2D eigenvalue weighted by atomic mass is 10.1. The standard InChI is InChI=1S/C15H15IN4/c1-2-19-9-12(7-17-19)10-20-11-14(8-18-20)13-4-3-5-15(16)6-13/h3-9,11H,2,10H2,1H3. The summed E-state index contributed by atoms with van der Waals surface area (Å²) in [4.78, 5) is 0. The summed E-state index contributed by atoms with van der Waals surface area (Å²) in [5.74, 6) is 0. The molecule has 0 fully saturated rings. The predicted octanol–water partition coefficient (Wildman–Crippen LogP) is 3.42. The van der Waals surface area contributed by atoms with Crippen molar-refractivity contribution in [2.24, 2.45) is 0 Å². The fourth-order valence-electron chi connectivity index (χ4n) is 2.12. The first-order valence-corrected chi connectivity index (χ1v) is 7.62. The second-order valence-corrected chi connectivity index (χ2v) is 5.89. The number of hydrogen-bond acceptors (Lipinski definition) is 2. The molecule has 3 rings (SSSR count). The highest BCUT2D eigenvalue weighted by Crippen LogP contribution is 2.20. The fourth-order valence-corrected chi connectivity index (χ4v) is 2.66. The molecule has 3 aromatic rings. The third-order valence-electron chi connectivity index (χ3n) is 3.15. The number of rotatable bonds is 4. The van der Waals surface area contributed by atoms with Crippen molar-refractivity contribution in [2.45, 2.75) is 20.0 Å². The van der Waals surface area contributed by atoms with E-state index in [0.717, 1.165) is 18.7 Å². The van der Waals surface area contributed by atoms with Crippen molar-refractivity contribution in [3.8, 4) is 11.1 Å². The molecule has 0 radical (unpaired) electrons. The largest absolute Gasteiger partial charge is 0.273 e. The highest BCUT2D eigenvalue weighted by molar-refractivity contribution is 14.1. The van der Waals surface area contributed by atoms with E-state index in [2.05, 4.69) is 76.4 Å². The van der Waals surface area contributed by atoms with Crippen LogP contribution >= 0.6 is 22.6 Å². The molecule has 2 aromatic heterocycles. The second kappa shape index (κ2) is 5.78. The molecule has 0 saturated carbocycles. The Morgan fingerprint density at radius 3 is 2.65 bits per heavy atom. The maximum absolute atomic E-state index is 4.43. The van der Waals surface area contributed by atoms with Gasteiger partial charge < -0.3 is 0 Å². The first kappa shape index (κ1) is 13.4. The molecule has 0 bridgehead atoms. The van der Waals surface area contributed by atoms with Crippen molar-refractivity contribution in [3.63, 3.8) is 0 Å². The van der Waals surface area contributed by atoms with E-state index in [1.807, 2.05) is 21.8 Å². The number of hydrogen-bond donors (Lipinski definition) is 0. The van der Waals surface area contributed by atoms with Crippen LogP contribution in [0.5, 0.6) is 0 Å². The van der Waals surface area contributed by atoms with Crippen LogP contribution in [0, 0.1) is 3.57 Å². The number of benzene rings is 1. The molecular weight excluding hydrogens is 363 g/mol.